The van der Waals surface area contributed by atoms with Gasteiger partial charge in [-0.1, -0.05) is 5.16 Å². The number of aliphatic hydroxyl groups excluding tert-OH is 1. The first-order valence-electron chi connectivity index (χ1n) is 7.45. The van der Waals surface area contributed by atoms with Gasteiger partial charge in [0.05, 0.1) is 12.9 Å². The van der Waals surface area contributed by atoms with E-state index in [2.05, 4.69) is 9.99 Å². The second-order valence-electron chi connectivity index (χ2n) is 5.35. The zero-order valence-electron chi connectivity index (χ0n) is 13.6. The Labute approximate surface area is 151 Å². The van der Waals surface area contributed by atoms with Crippen LogP contribution in [0.15, 0.2) is 39.2 Å². The highest BCUT2D eigenvalue weighted by Gasteiger charge is 2.57. The second kappa shape index (κ2) is 7.22. The van der Waals surface area contributed by atoms with Crippen LogP contribution in [0.25, 0.3) is 0 Å². The number of aliphatic carboxylic acids is 1. The topological polar surface area (TPSA) is 133 Å². The van der Waals surface area contributed by atoms with Crippen molar-refractivity contribution in [2.24, 2.45) is 5.16 Å². The lowest BCUT2D eigenvalue weighted by Crippen LogP contribution is -2.71. The summed E-state index contributed by atoms with van der Waals surface area (Å²) in [7, 11) is 1.27. The van der Waals surface area contributed by atoms with Crippen molar-refractivity contribution in [3.8, 4) is 0 Å². The van der Waals surface area contributed by atoms with E-state index in [0.29, 0.717) is 0 Å². The summed E-state index contributed by atoms with van der Waals surface area (Å²) < 4.78 is 5.25. The first-order chi connectivity index (χ1) is 12.5. The predicted octanol–water partition coefficient (Wildman–Crippen LogP) is -0.140. The minimum Gasteiger partial charge on any atom is -0.477 e. The highest BCUT2D eigenvalue weighted by molar-refractivity contribution is 8.00. The number of aliphatic hydroxyl groups is 1. The van der Waals surface area contributed by atoms with E-state index in [0.717, 1.165) is 16.0 Å². The fourth-order valence-corrected chi connectivity index (χ4v) is 4.22. The van der Waals surface area contributed by atoms with Crippen molar-refractivity contribution >= 4 is 41.6 Å². The quantitative estimate of drug-likeness (QED) is 0.395. The number of carboxylic acids is 1. The monoisotopic (exact) mass is 381 g/mol. The van der Waals surface area contributed by atoms with E-state index in [1.807, 2.05) is 0 Å². The third-order valence-corrected chi connectivity index (χ3v) is 5.27. The largest absolute Gasteiger partial charge is 0.477 e. The molecular weight excluding hydrogens is 366 g/mol. The van der Waals surface area contributed by atoms with Gasteiger partial charge in [-0.15, -0.1) is 11.8 Å². The first-order valence-corrected chi connectivity index (χ1v) is 8.50. The van der Waals surface area contributed by atoms with Gasteiger partial charge in [0.15, 0.2) is 0 Å². The zero-order valence-corrected chi connectivity index (χ0v) is 14.4. The Hall–Kier alpha value is -2.79. The van der Waals surface area contributed by atoms with Crippen molar-refractivity contribution in [3.63, 3.8) is 0 Å². The number of hydrogen-bond donors (Lipinski definition) is 2. The minimum absolute atomic E-state index is 0.130. The molecule has 1 aromatic heterocycles. The summed E-state index contributed by atoms with van der Waals surface area (Å²) in [5.41, 5.74) is 0.0114. The van der Waals surface area contributed by atoms with Gasteiger partial charge in [0.2, 0.25) is 5.88 Å². The number of rotatable bonds is 6. The molecule has 1 fully saturated rings. The number of β-lactam (4-membered cyclic amide) rings is 1. The Kier molecular flexibility index (Phi) is 5.00. The van der Waals surface area contributed by atoms with Crippen molar-refractivity contribution in [1.82, 2.24) is 4.90 Å². The standard InChI is InChI=1S/C15H15N3O7S/c1-24-16-5-9(20)17(10-3-2-4-25-10)12-13(21)18-11(15(22)23)8(6-19)7-26-14(12)18/h2-5,12,14,19H,6-7H2,1H3,(H,22,23)/b16-5-/t12?,14-/m0/s1. The molecule has 2 aliphatic rings. The average molecular weight is 381 g/mol. The number of anilines is 1. The van der Waals surface area contributed by atoms with Gasteiger partial charge in [-0.25, -0.2) is 4.79 Å². The fraction of sp³-hybridized carbons (Fsp3) is 0.333. The molecule has 0 spiro atoms. The van der Waals surface area contributed by atoms with E-state index in [4.69, 9.17) is 4.42 Å². The lowest BCUT2D eigenvalue weighted by molar-refractivity contribution is -0.148. The number of carbonyl (C=O) groups excluding carboxylic acids is 2. The maximum absolute atomic E-state index is 12.7. The number of thioether (sulfide) groups is 1. The molecule has 0 radical (unpaired) electrons. The van der Waals surface area contributed by atoms with Crippen LogP contribution in [0.2, 0.25) is 0 Å². The summed E-state index contributed by atoms with van der Waals surface area (Å²) in [6, 6.07) is 2.11. The van der Waals surface area contributed by atoms with Gasteiger partial charge in [0.25, 0.3) is 11.8 Å². The number of hydrogen-bond acceptors (Lipinski definition) is 8. The number of fused-ring (bicyclic) bond motifs is 1. The van der Waals surface area contributed by atoms with Crippen LogP contribution in [0.4, 0.5) is 5.88 Å². The van der Waals surface area contributed by atoms with E-state index >= 15 is 0 Å². The summed E-state index contributed by atoms with van der Waals surface area (Å²) in [4.78, 5) is 43.4. The Morgan fingerprint density at radius 1 is 1.58 bits per heavy atom. The summed E-state index contributed by atoms with van der Waals surface area (Å²) in [5.74, 6) is -2.17. The number of oxime groups is 1. The lowest BCUT2D eigenvalue weighted by atomic mass is 10.0. The van der Waals surface area contributed by atoms with Crippen molar-refractivity contribution in [3.05, 3.63) is 29.7 Å². The normalized spacial score (nSPS) is 22.2. The maximum atomic E-state index is 12.7. The SMILES string of the molecule is CO/N=C\C(=O)N(c1ccco1)C1C(=O)N2C(C(=O)O)=C(CO)CS[C@@H]12. The van der Waals surface area contributed by atoms with E-state index in [-0.39, 0.29) is 22.9 Å². The van der Waals surface area contributed by atoms with E-state index < -0.39 is 35.8 Å². The van der Waals surface area contributed by atoms with E-state index in [1.54, 1.807) is 6.07 Å². The third-order valence-electron chi connectivity index (χ3n) is 3.94. The third kappa shape index (κ3) is 2.84. The summed E-state index contributed by atoms with van der Waals surface area (Å²) in [6.07, 6.45) is 2.25. The molecule has 0 bridgehead atoms. The molecule has 10 nitrogen and oxygen atoms in total. The first kappa shape index (κ1) is 18.0. The minimum atomic E-state index is -1.30. The van der Waals surface area contributed by atoms with Crippen LogP contribution in [0, 0.1) is 0 Å². The van der Waals surface area contributed by atoms with Gasteiger partial charge in [0.1, 0.15) is 30.4 Å². The van der Waals surface area contributed by atoms with Crippen molar-refractivity contribution < 1.29 is 33.9 Å². The average Bonchev–Trinajstić information content (AvgIpc) is 3.16. The fourth-order valence-electron chi connectivity index (χ4n) is 2.84. The van der Waals surface area contributed by atoms with Crippen molar-refractivity contribution in [2.75, 3.05) is 24.4 Å². The smallest absolute Gasteiger partial charge is 0.352 e. The predicted molar refractivity (Wildman–Crippen MR) is 90.3 cm³/mol. The molecule has 1 unspecified atom stereocenters. The zero-order chi connectivity index (χ0) is 18.8. The van der Waals surface area contributed by atoms with Gasteiger partial charge < -0.3 is 19.5 Å². The van der Waals surface area contributed by atoms with Gasteiger partial charge in [-0.3, -0.25) is 19.4 Å². The Morgan fingerprint density at radius 3 is 2.92 bits per heavy atom. The second-order valence-corrected chi connectivity index (χ2v) is 6.45. The van der Waals surface area contributed by atoms with Gasteiger partial charge in [0, 0.05) is 11.8 Å². The highest BCUT2D eigenvalue weighted by atomic mass is 32.2. The van der Waals surface area contributed by atoms with E-state index in [9.17, 15) is 24.6 Å². The molecule has 2 atom stereocenters. The Morgan fingerprint density at radius 2 is 2.35 bits per heavy atom. The molecule has 3 rings (SSSR count). The molecule has 11 heteroatoms. The van der Waals surface area contributed by atoms with Crippen LogP contribution >= 0.6 is 11.8 Å². The molecule has 3 heterocycles. The van der Waals surface area contributed by atoms with Crippen LogP contribution in [0.3, 0.4) is 0 Å². The number of carbonyl (C=O) groups is 3. The highest BCUT2D eigenvalue weighted by Crippen LogP contribution is 2.43. The molecule has 0 aromatic carbocycles. The Balaban J connectivity index is 1.95. The molecule has 2 N–H and O–H groups in total. The number of nitrogens with zero attached hydrogens (tertiary/aromatic N) is 3. The Bertz CT molecular complexity index is 789. The molecule has 0 aliphatic carbocycles. The van der Waals surface area contributed by atoms with Crippen LogP contribution in [-0.2, 0) is 19.2 Å². The van der Waals surface area contributed by atoms with Gasteiger partial charge in [-0.05, 0) is 11.6 Å². The number of amides is 2. The molecule has 1 aromatic rings. The molecule has 26 heavy (non-hydrogen) atoms. The van der Waals surface area contributed by atoms with Crippen LogP contribution in [0.5, 0.6) is 0 Å². The molecule has 2 aliphatic heterocycles. The molecule has 1 saturated heterocycles. The van der Waals surface area contributed by atoms with Gasteiger partial charge >= 0.3 is 5.97 Å². The number of furan rings is 1. The van der Waals surface area contributed by atoms with Crippen LogP contribution < -0.4 is 4.90 Å². The van der Waals surface area contributed by atoms with Crippen LogP contribution in [0.1, 0.15) is 0 Å². The molecule has 2 amide bonds. The van der Waals surface area contributed by atoms with Crippen molar-refractivity contribution in [1.29, 1.82) is 0 Å². The summed E-state index contributed by atoms with van der Waals surface area (Å²) >= 11 is 1.26. The molecule has 0 saturated carbocycles. The maximum Gasteiger partial charge on any atom is 0.352 e. The lowest BCUT2D eigenvalue weighted by Gasteiger charge is -2.51. The summed E-state index contributed by atoms with van der Waals surface area (Å²) in [6.45, 7) is -0.461. The van der Waals surface area contributed by atoms with Crippen LogP contribution in [-0.4, -0.2) is 70.0 Å². The van der Waals surface area contributed by atoms with Crippen molar-refractivity contribution in [2.45, 2.75) is 11.4 Å². The summed E-state index contributed by atoms with van der Waals surface area (Å²) in [5, 5.41) is 21.6. The van der Waals surface area contributed by atoms with Gasteiger partial charge in [-0.2, -0.15) is 0 Å². The molecule has 138 valence electrons. The molecular formula is C15H15N3O7S. The number of carboxylic acid groups (broad SMARTS) is 1. The van der Waals surface area contributed by atoms with E-state index in [1.165, 1.54) is 31.2 Å².